The van der Waals surface area contributed by atoms with Crippen LogP contribution in [-0.4, -0.2) is 42.9 Å². The Labute approximate surface area is 126 Å². The molecule has 0 heterocycles. The summed E-state index contributed by atoms with van der Waals surface area (Å²) < 4.78 is 19.0. The molecular weight excluding hydrogens is 269 g/mol. The molecule has 0 aliphatic carbocycles. The third kappa shape index (κ3) is 6.72. The van der Waals surface area contributed by atoms with Gasteiger partial charge in [0, 0.05) is 26.1 Å². The van der Waals surface area contributed by atoms with Gasteiger partial charge < -0.3 is 9.84 Å². The van der Waals surface area contributed by atoms with Crippen LogP contribution in [-0.2, 0) is 11.3 Å². The first-order chi connectivity index (χ1) is 10.2. The largest absolute Gasteiger partial charge is 0.395 e. The van der Waals surface area contributed by atoms with Crippen LogP contribution in [0, 0.1) is 17.7 Å². The Balaban J connectivity index is 2.70. The van der Waals surface area contributed by atoms with Gasteiger partial charge in [-0.3, -0.25) is 4.90 Å². The molecule has 0 aliphatic rings. The van der Waals surface area contributed by atoms with E-state index in [-0.39, 0.29) is 12.4 Å². The van der Waals surface area contributed by atoms with Gasteiger partial charge >= 0.3 is 0 Å². The Kier molecular flexibility index (Phi) is 8.68. The zero-order valence-corrected chi connectivity index (χ0v) is 12.9. The zero-order valence-electron chi connectivity index (χ0n) is 12.9. The van der Waals surface area contributed by atoms with Crippen LogP contribution in [0.5, 0.6) is 0 Å². The van der Waals surface area contributed by atoms with E-state index >= 15 is 0 Å². The lowest BCUT2D eigenvalue weighted by Crippen LogP contribution is -2.27. The molecule has 1 aromatic carbocycles. The number of nitrogens with zero attached hydrogens (tertiary/aromatic N) is 1. The van der Waals surface area contributed by atoms with E-state index in [2.05, 4.69) is 23.7 Å². The molecule has 0 unspecified atom stereocenters. The summed E-state index contributed by atoms with van der Waals surface area (Å²) in [6.45, 7) is 8.01. The fourth-order valence-corrected chi connectivity index (χ4v) is 1.93. The predicted octanol–water partition coefficient (Wildman–Crippen LogP) is 2.42. The normalized spacial score (nSPS) is 10.5. The van der Waals surface area contributed by atoms with Crippen molar-refractivity contribution in [2.24, 2.45) is 0 Å². The standard InChI is InChI=1S/C17H24FNO2/c1-3-19(10-12-21-4-2)14-15-8-9-17(18)16(13-15)7-5-6-11-20/h8-9,13,20H,3-4,6,10-12,14H2,1-2H3. The van der Waals surface area contributed by atoms with Gasteiger partial charge in [-0.2, -0.15) is 0 Å². The number of rotatable bonds is 8. The summed E-state index contributed by atoms with van der Waals surface area (Å²) in [5.41, 5.74) is 1.42. The van der Waals surface area contributed by atoms with E-state index < -0.39 is 0 Å². The highest BCUT2D eigenvalue weighted by Crippen LogP contribution is 2.12. The number of likely N-dealkylation sites (N-methyl/N-ethyl adjacent to an activating group) is 1. The van der Waals surface area contributed by atoms with Gasteiger partial charge in [0.05, 0.1) is 18.8 Å². The molecule has 21 heavy (non-hydrogen) atoms. The Morgan fingerprint density at radius 2 is 2.14 bits per heavy atom. The highest BCUT2D eigenvalue weighted by atomic mass is 19.1. The zero-order chi connectivity index (χ0) is 15.5. The van der Waals surface area contributed by atoms with Gasteiger partial charge in [-0.1, -0.05) is 24.8 Å². The lowest BCUT2D eigenvalue weighted by Gasteiger charge is -2.20. The average Bonchev–Trinajstić information content (AvgIpc) is 2.49. The van der Waals surface area contributed by atoms with Gasteiger partial charge in [0.25, 0.3) is 0 Å². The van der Waals surface area contributed by atoms with Gasteiger partial charge in [0.15, 0.2) is 0 Å². The molecule has 0 aliphatic heterocycles. The first-order valence-corrected chi connectivity index (χ1v) is 7.39. The number of aliphatic hydroxyl groups excluding tert-OH is 1. The van der Waals surface area contributed by atoms with Crippen LogP contribution in [0.2, 0.25) is 0 Å². The monoisotopic (exact) mass is 293 g/mol. The second kappa shape index (κ2) is 10.3. The molecule has 0 saturated heterocycles. The summed E-state index contributed by atoms with van der Waals surface area (Å²) in [6, 6.07) is 5.02. The fourth-order valence-electron chi connectivity index (χ4n) is 1.93. The van der Waals surface area contributed by atoms with Crippen molar-refractivity contribution in [1.82, 2.24) is 4.90 Å². The molecule has 116 valence electrons. The van der Waals surface area contributed by atoms with E-state index in [1.807, 2.05) is 6.92 Å². The summed E-state index contributed by atoms with van der Waals surface area (Å²) in [7, 11) is 0. The second-order valence-corrected chi connectivity index (χ2v) is 4.66. The molecule has 1 rings (SSSR count). The van der Waals surface area contributed by atoms with Crippen LogP contribution >= 0.6 is 0 Å². The van der Waals surface area contributed by atoms with Gasteiger partial charge in [0.1, 0.15) is 5.82 Å². The quantitative estimate of drug-likeness (QED) is 0.590. The molecule has 0 fully saturated rings. The number of aliphatic hydroxyl groups is 1. The molecule has 0 bridgehead atoms. The van der Waals surface area contributed by atoms with Crippen LogP contribution in [0.25, 0.3) is 0 Å². The number of ether oxygens (including phenoxy) is 1. The van der Waals surface area contributed by atoms with Gasteiger partial charge in [-0.25, -0.2) is 4.39 Å². The lowest BCUT2D eigenvalue weighted by atomic mass is 10.1. The van der Waals surface area contributed by atoms with E-state index in [1.165, 1.54) is 6.07 Å². The van der Waals surface area contributed by atoms with Crippen molar-refractivity contribution in [3.05, 3.63) is 35.1 Å². The third-order valence-electron chi connectivity index (χ3n) is 3.10. The smallest absolute Gasteiger partial charge is 0.138 e. The summed E-state index contributed by atoms with van der Waals surface area (Å²) in [5, 5.41) is 8.71. The average molecular weight is 293 g/mol. The molecule has 0 saturated carbocycles. The van der Waals surface area contributed by atoms with Crippen LogP contribution in [0.3, 0.4) is 0 Å². The van der Waals surface area contributed by atoms with Crippen LogP contribution in [0.15, 0.2) is 18.2 Å². The van der Waals surface area contributed by atoms with Crippen molar-refractivity contribution in [1.29, 1.82) is 0 Å². The SMILES string of the molecule is CCOCCN(CC)Cc1ccc(F)c(C#CCCO)c1. The number of benzene rings is 1. The molecule has 4 heteroatoms. The van der Waals surface area contributed by atoms with E-state index in [0.717, 1.165) is 31.8 Å². The summed E-state index contributed by atoms with van der Waals surface area (Å²) >= 11 is 0. The van der Waals surface area contributed by atoms with E-state index in [4.69, 9.17) is 9.84 Å². The van der Waals surface area contributed by atoms with Crippen molar-refractivity contribution in [3.63, 3.8) is 0 Å². The van der Waals surface area contributed by atoms with Gasteiger partial charge in [-0.05, 0) is 31.2 Å². The van der Waals surface area contributed by atoms with Crippen molar-refractivity contribution < 1.29 is 14.2 Å². The summed E-state index contributed by atoms with van der Waals surface area (Å²) in [6.07, 6.45) is 0.360. The number of hydrogen-bond acceptors (Lipinski definition) is 3. The first kappa shape index (κ1) is 17.6. The minimum absolute atomic E-state index is 0.00461. The predicted molar refractivity (Wildman–Crippen MR) is 82.4 cm³/mol. The Hall–Kier alpha value is -1.41. The Bertz CT molecular complexity index is 479. The van der Waals surface area contributed by atoms with E-state index in [1.54, 1.807) is 12.1 Å². The second-order valence-electron chi connectivity index (χ2n) is 4.66. The number of hydrogen-bond donors (Lipinski definition) is 1. The molecule has 0 spiro atoms. The molecule has 3 nitrogen and oxygen atoms in total. The number of halogens is 1. The third-order valence-corrected chi connectivity index (χ3v) is 3.10. The highest BCUT2D eigenvalue weighted by molar-refractivity contribution is 5.38. The maximum absolute atomic E-state index is 13.7. The van der Waals surface area contributed by atoms with Crippen molar-refractivity contribution in [3.8, 4) is 11.8 Å². The van der Waals surface area contributed by atoms with Crippen molar-refractivity contribution >= 4 is 0 Å². The van der Waals surface area contributed by atoms with Crippen molar-refractivity contribution in [2.75, 3.05) is 32.9 Å². The Morgan fingerprint density at radius 1 is 1.33 bits per heavy atom. The molecule has 0 radical (unpaired) electrons. The van der Waals surface area contributed by atoms with E-state index in [0.29, 0.717) is 18.6 Å². The van der Waals surface area contributed by atoms with Gasteiger partial charge in [0.2, 0.25) is 0 Å². The Morgan fingerprint density at radius 3 is 2.81 bits per heavy atom. The molecule has 1 aromatic rings. The molecule has 0 amide bonds. The van der Waals surface area contributed by atoms with Crippen LogP contribution in [0.4, 0.5) is 4.39 Å². The maximum Gasteiger partial charge on any atom is 0.138 e. The first-order valence-electron chi connectivity index (χ1n) is 7.39. The lowest BCUT2D eigenvalue weighted by molar-refractivity contribution is 0.113. The van der Waals surface area contributed by atoms with Gasteiger partial charge in [-0.15, -0.1) is 0 Å². The summed E-state index contributed by atoms with van der Waals surface area (Å²) in [4.78, 5) is 2.24. The van der Waals surface area contributed by atoms with Crippen LogP contribution < -0.4 is 0 Å². The minimum Gasteiger partial charge on any atom is -0.395 e. The van der Waals surface area contributed by atoms with Crippen molar-refractivity contribution in [2.45, 2.75) is 26.8 Å². The van der Waals surface area contributed by atoms with E-state index in [9.17, 15) is 4.39 Å². The summed E-state index contributed by atoms with van der Waals surface area (Å²) in [5.74, 6) is 5.21. The molecule has 1 N–H and O–H groups in total. The molecule has 0 atom stereocenters. The fraction of sp³-hybridized carbons (Fsp3) is 0.529. The minimum atomic E-state index is -0.318. The maximum atomic E-state index is 13.7. The topological polar surface area (TPSA) is 32.7 Å². The molecule has 0 aromatic heterocycles. The molecular formula is C17H24FNO2. The van der Waals surface area contributed by atoms with Crippen LogP contribution in [0.1, 0.15) is 31.4 Å². The highest BCUT2D eigenvalue weighted by Gasteiger charge is 2.06.